The van der Waals surface area contributed by atoms with Crippen molar-refractivity contribution in [3.8, 4) is 0 Å². The maximum absolute atomic E-state index is 11.7. The van der Waals surface area contributed by atoms with Crippen molar-refractivity contribution in [1.29, 1.82) is 0 Å². The first-order valence-corrected chi connectivity index (χ1v) is 11.1. The van der Waals surface area contributed by atoms with Gasteiger partial charge in [-0.15, -0.1) is 0 Å². The van der Waals surface area contributed by atoms with Crippen LogP contribution < -0.4 is 16.8 Å². The fraction of sp³-hybridized carbons (Fsp3) is 0.391. The number of halogens is 1. The molecule has 4 rings (SSSR count). The predicted molar refractivity (Wildman–Crippen MR) is 124 cm³/mol. The fourth-order valence-corrected chi connectivity index (χ4v) is 4.59. The average molecular weight is 442 g/mol. The number of hydrogen-bond donors (Lipinski definition) is 4. The number of amides is 1. The van der Waals surface area contributed by atoms with Crippen LogP contribution in [0.3, 0.4) is 0 Å². The summed E-state index contributed by atoms with van der Waals surface area (Å²) in [6.07, 6.45) is 4.68. The van der Waals surface area contributed by atoms with Gasteiger partial charge in [0.15, 0.2) is 0 Å². The van der Waals surface area contributed by atoms with E-state index in [1.807, 2.05) is 28.8 Å². The summed E-state index contributed by atoms with van der Waals surface area (Å²) in [5.41, 5.74) is 14.8. The number of aromatic nitrogens is 2. The van der Waals surface area contributed by atoms with E-state index in [-0.39, 0.29) is 12.0 Å². The molecule has 1 aliphatic rings. The standard InChI is InChI=1S/C23H28ClN5O2/c24-17-8-5-4-6-14(17)12-27-23-28-19-11-16(22(26)31)10-18(25)21(19)29(23)13-15-7-2-1-3-9-20(15)30/h4-6,8,10-11,15,20,30H,1-3,7,9,12-13,25H2,(H2,26,31)(H,27,28)/t15-,20-/m0/s1. The van der Waals surface area contributed by atoms with Gasteiger partial charge in [0.1, 0.15) is 0 Å². The van der Waals surface area contributed by atoms with Crippen LogP contribution in [0.5, 0.6) is 0 Å². The van der Waals surface area contributed by atoms with Gasteiger partial charge in [0.2, 0.25) is 11.9 Å². The molecule has 0 unspecified atom stereocenters. The lowest BCUT2D eigenvalue weighted by Gasteiger charge is -2.23. The molecule has 2 atom stereocenters. The Hall–Kier alpha value is -2.77. The van der Waals surface area contributed by atoms with Crippen molar-refractivity contribution in [2.75, 3.05) is 11.1 Å². The van der Waals surface area contributed by atoms with Crippen molar-refractivity contribution >= 4 is 40.2 Å². The number of rotatable bonds is 6. The van der Waals surface area contributed by atoms with Crippen LogP contribution in [0.25, 0.3) is 11.0 Å². The van der Waals surface area contributed by atoms with E-state index >= 15 is 0 Å². The summed E-state index contributed by atoms with van der Waals surface area (Å²) in [5.74, 6) is 0.184. The molecular formula is C23H28ClN5O2. The number of nitrogens with zero attached hydrogens (tertiary/aromatic N) is 2. The summed E-state index contributed by atoms with van der Waals surface area (Å²) in [4.78, 5) is 16.4. The van der Waals surface area contributed by atoms with Crippen LogP contribution in [0.15, 0.2) is 36.4 Å². The van der Waals surface area contributed by atoms with Crippen LogP contribution in [0.1, 0.15) is 48.0 Å². The van der Waals surface area contributed by atoms with Gasteiger partial charge in [-0.3, -0.25) is 4.79 Å². The van der Waals surface area contributed by atoms with Gasteiger partial charge in [0.05, 0.1) is 22.8 Å². The van der Waals surface area contributed by atoms with E-state index in [4.69, 9.17) is 28.1 Å². The monoisotopic (exact) mass is 441 g/mol. The first kappa shape index (κ1) is 21.5. The minimum atomic E-state index is -0.548. The largest absolute Gasteiger partial charge is 0.397 e. The first-order valence-electron chi connectivity index (χ1n) is 10.7. The van der Waals surface area contributed by atoms with Gasteiger partial charge in [-0.1, -0.05) is 49.1 Å². The molecule has 1 fully saturated rings. The van der Waals surface area contributed by atoms with Crippen LogP contribution >= 0.6 is 11.6 Å². The van der Waals surface area contributed by atoms with Gasteiger partial charge in [0, 0.05) is 29.6 Å². The van der Waals surface area contributed by atoms with Crippen LogP contribution in [-0.2, 0) is 13.1 Å². The molecular weight excluding hydrogens is 414 g/mol. The zero-order valence-corrected chi connectivity index (χ0v) is 18.1. The molecule has 31 heavy (non-hydrogen) atoms. The molecule has 0 saturated heterocycles. The van der Waals surface area contributed by atoms with E-state index in [1.165, 1.54) is 0 Å². The highest BCUT2D eigenvalue weighted by Gasteiger charge is 2.25. The van der Waals surface area contributed by atoms with Crippen molar-refractivity contribution < 1.29 is 9.90 Å². The second kappa shape index (κ2) is 9.16. The molecule has 3 aromatic rings. The van der Waals surface area contributed by atoms with Gasteiger partial charge in [-0.05, 0) is 36.6 Å². The van der Waals surface area contributed by atoms with Crippen molar-refractivity contribution in [2.45, 2.75) is 51.3 Å². The van der Waals surface area contributed by atoms with Crippen molar-refractivity contribution in [3.63, 3.8) is 0 Å². The number of nitrogens with one attached hydrogen (secondary N) is 1. The summed E-state index contributed by atoms with van der Waals surface area (Å²) in [6, 6.07) is 10.9. The molecule has 0 aliphatic heterocycles. The molecule has 1 aliphatic carbocycles. The van der Waals surface area contributed by atoms with Gasteiger partial charge >= 0.3 is 0 Å². The third-order valence-corrected chi connectivity index (χ3v) is 6.46. The lowest BCUT2D eigenvalue weighted by Crippen LogP contribution is -2.25. The van der Waals surface area contributed by atoms with Crippen LogP contribution in [0.4, 0.5) is 11.6 Å². The average Bonchev–Trinajstić information content (AvgIpc) is 2.96. The lowest BCUT2D eigenvalue weighted by molar-refractivity contribution is 0.0918. The summed E-state index contributed by atoms with van der Waals surface area (Å²) in [6.45, 7) is 1.07. The maximum Gasteiger partial charge on any atom is 0.248 e. The van der Waals surface area contributed by atoms with Crippen LogP contribution in [0.2, 0.25) is 5.02 Å². The summed E-state index contributed by atoms with van der Waals surface area (Å²) in [5, 5.41) is 14.7. The van der Waals surface area contributed by atoms with E-state index in [2.05, 4.69) is 5.32 Å². The van der Waals surface area contributed by atoms with E-state index in [0.717, 1.165) is 43.2 Å². The van der Waals surface area contributed by atoms with Gasteiger partial charge in [-0.25, -0.2) is 4.98 Å². The molecule has 164 valence electrons. The summed E-state index contributed by atoms with van der Waals surface area (Å²) in [7, 11) is 0. The number of aliphatic hydroxyl groups is 1. The number of imidazole rings is 1. The summed E-state index contributed by atoms with van der Waals surface area (Å²) >= 11 is 6.31. The lowest BCUT2D eigenvalue weighted by atomic mass is 9.97. The number of carbonyl (C=O) groups is 1. The molecule has 1 amide bonds. The second-order valence-corrected chi connectivity index (χ2v) is 8.66. The Balaban J connectivity index is 1.73. The molecule has 1 heterocycles. The molecule has 6 N–H and O–H groups in total. The smallest absolute Gasteiger partial charge is 0.248 e. The fourth-order valence-electron chi connectivity index (χ4n) is 4.38. The molecule has 0 radical (unpaired) electrons. The Morgan fingerprint density at radius 1 is 1.23 bits per heavy atom. The Bertz CT molecular complexity index is 1100. The van der Waals surface area contributed by atoms with Crippen molar-refractivity contribution in [2.24, 2.45) is 11.7 Å². The molecule has 1 aromatic heterocycles. The quantitative estimate of drug-likeness (QED) is 0.341. The number of benzene rings is 2. The number of primary amides is 1. The van der Waals surface area contributed by atoms with E-state index in [0.29, 0.717) is 40.8 Å². The molecule has 7 nitrogen and oxygen atoms in total. The Morgan fingerprint density at radius 2 is 2.00 bits per heavy atom. The van der Waals surface area contributed by atoms with E-state index < -0.39 is 5.91 Å². The number of carbonyl (C=O) groups excluding carboxylic acids is 1. The van der Waals surface area contributed by atoms with Crippen molar-refractivity contribution in [1.82, 2.24) is 9.55 Å². The third-order valence-electron chi connectivity index (χ3n) is 6.09. The van der Waals surface area contributed by atoms with Gasteiger partial charge in [-0.2, -0.15) is 0 Å². The highest BCUT2D eigenvalue weighted by molar-refractivity contribution is 6.31. The number of anilines is 2. The molecule has 1 saturated carbocycles. The molecule has 0 bridgehead atoms. The number of aliphatic hydroxyl groups excluding tert-OH is 1. The highest BCUT2D eigenvalue weighted by atomic mass is 35.5. The number of nitrogen functional groups attached to an aromatic ring is 1. The maximum atomic E-state index is 11.7. The zero-order valence-electron chi connectivity index (χ0n) is 17.4. The topological polar surface area (TPSA) is 119 Å². The van der Waals surface area contributed by atoms with Gasteiger partial charge < -0.3 is 26.5 Å². The Kier molecular flexibility index (Phi) is 6.34. The predicted octanol–water partition coefficient (Wildman–Crippen LogP) is 3.92. The number of fused-ring (bicyclic) bond motifs is 1. The second-order valence-electron chi connectivity index (χ2n) is 8.25. The first-order chi connectivity index (χ1) is 14.9. The van der Waals surface area contributed by atoms with Crippen molar-refractivity contribution in [3.05, 3.63) is 52.5 Å². The van der Waals surface area contributed by atoms with Crippen LogP contribution in [0, 0.1) is 5.92 Å². The van der Waals surface area contributed by atoms with Crippen LogP contribution in [-0.4, -0.2) is 26.7 Å². The van der Waals surface area contributed by atoms with E-state index in [1.54, 1.807) is 12.1 Å². The molecule has 2 aromatic carbocycles. The minimum Gasteiger partial charge on any atom is -0.397 e. The normalized spacial score (nSPS) is 19.3. The van der Waals surface area contributed by atoms with E-state index in [9.17, 15) is 9.90 Å². The van der Waals surface area contributed by atoms with Gasteiger partial charge in [0.25, 0.3) is 0 Å². The molecule has 8 heteroatoms. The Morgan fingerprint density at radius 3 is 2.77 bits per heavy atom. The minimum absolute atomic E-state index is 0.107. The third kappa shape index (κ3) is 4.62. The Labute approximate surface area is 186 Å². The zero-order chi connectivity index (χ0) is 22.0. The number of nitrogens with two attached hydrogens (primary N) is 2. The molecule has 0 spiro atoms. The number of hydrogen-bond acceptors (Lipinski definition) is 5. The summed E-state index contributed by atoms with van der Waals surface area (Å²) < 4.78 is 2.02. The SMILES string of the molecule is NC(=O)c1cc(N)c2c(c1)nc(NCc1ccccc1Cl)n2C[C@@H]1CCCCC[C@@H]1O. The highest BCUT2D eigenvalue weighted by Crippen LogP contribution is 2.32.